The van der Waals surface area contributed by atoms with Gasteiger partial charge >= 0.3 is 0 Å². The monoisotopic (exact) mass is 393 g/mol. The third-order valence-corrected chi connectivity index (χ3v) is 4.27. The Kier molecular flexibility index (Phi) is 6.24. The highest BCUT2D eigenvalue weighted by Crippen LogP contribution is 2.24. The summed E-state index contributed by atoms with van der Waals surface area (Å²) in [6.45, 7) is 1.63. The van der Waals surface area contributed by atoms with Crippen molar-refractivity contribution in [3.05, 3.63) is 89.7 Å². The molecule has 0 aliphatic rings. The Balaban J connectivity index is 1.63. The van der Waals surface area contributed by atoms with Crippen LogP contribution in [-0.4, -0.2) is 24.9 Å². The van der Waals surface area contributed by atoms with Crippen molar-refractivity contribution in [1.82, 2.24) is 0 Å². The smallest absolute Gasteiger partial charge is 0.265 e. The summed E-state index contributed by atoms with van der Waals surface area (Å²) in [6.07, 6.45) is -0.765. The van der Waals surface area contributed by atoms with Gasteiger partial charge in [0.1, 0.15) is 17.3 Å². The fourth-order valence-corrected chi connectivity index (χ4v) is 2.69. The van der Waals surface area contributed by atoms with Crippen LogP contribution in [-0.2, 0) is 4.79 Å². The highest BCUT2D eigenvalue weighted by Gasteiger charge is 2.17. The van der Waals surface area contributed by atoms with Crippen LogP contribution in [0.2, 0.25) is 0 Å². The zero-order valence-corrected chi connectivity index (χ0v) is 16.0. The molecule has 0 heterocycles. The molecule has 0 aliphatic carbocycles. The van der Waals surface area contributed by atoms with Crippen molar-refractivity contribution in [3.8, 4) is 11.5 Å². The van der Waals surface area contributed by atoms with Gasteiger partial charge in [-0.3, -0.25) is 9.59 Å². The highest BCUT2D eigenvalue weighted by molar-refractivity contribution is 6.09. The van der Waals surface area contributed by atoms with Crippen LogP contribution in [0.5, 0.6) is 11.5 Å². The first kappa shape index (κ1) is 20.1. The van der Waals surface area contributed by atoms with Gasteiger partial charge in [-0.15, -0.1) is 0 Å². The molecule has 1 unspecified atom stereocenters. The Labute approximate surface area is 168 Å². The van der Waals surface area contributed by atoms with Gasteiger partial charge in [-0.2, -0.15) is 0 Å². The van der Waals surface area contributed by atoms with E-state index in [1.807, 2.05) is 6.07 Å². The lowest BCUT2D eigenvalue weighted by Gasteiger charge is -2.16. The summed E-state index contributed by atoms with van der Waals surface area (Å²) in [4.78, 5) is 24.8. The number of hydrogen-bond donors (Lipinski definition) is 1. The summed E-state index contributed by atoms with van der Waals surface area (Å²) in [5, 5.41) is 2.76. The van der Waals surface area contributed by atoms with Crippen molar-refractivity contribution in [1.29, 1.82) is 0 Å². The molecular weight excluding hydrogens is 373 g/mol. The molecule has 0 aromatic heterocycles. The first-order valence-corrected chi connectivity index (χ1v) is 8.99. The first-order chi connectivity index (χ1) is 14.0. The van der Waals surface area contributed by atoms with Crippen LogP contribution in [0, 0.1) is 5.82 Å². The maximum absolute atomic E-state index is 13.0. The van der Waals surface area contributed by atoms with Crippen molar-refractivity contribution in [2.45, 2.75) is 13.0 Å². The lowest BCUT2D eigenvalue weighted by molar-refractivity contribution is -0.122. The number of carbonyl (C=O) groups is 2. The van der Waals surface area contributed by atoms with Gasteiger partial charge < -0.3 is 14.8 Å². The number of methoxy groups -OCH3 is 1. The second-order valence-electron chi connectivity index (χ2n) is 6.31. The fourth-order valence-electron chi connectivity index (χ4n) is 2.69. The molecule has 0 saturated carbocycles. The second-order valence-corrected chi connectivity index (χ2v) is 6.31. The van der Waals surface area contributed by atoms with E-state index < -0.39 is 11.9 Å². The molecule has 1 amide bonds. The SMILES string of the molecule is COc1ccccc1NC(=O)C(C)Oc1ccc(C(=O)c2ccc(F)cc2)cc1. The van der Waals surface area contributed by atoms with Gasteiger partial charge in [0.2, 0.25) is 0 Å². The summed E-state index contributed by atoms with van der Waals surface area (Å²) >= 11 is 0. The lowest BCUT2D eigenvalue weighted by atomic mass is 10.0. The third kappa shape index (κ3) is 4.99. The van der Waals surface area contributed by atoms with Gasteiger partial charge in [0.25, 0.3) is 5.91 Å². The molecule has 3 aromatic rings. The van der Waals surface area contributed by atoms with E-state index in [-0.39, 0.29) is 11.7 Å². The Morgan fingerprint density at radius 2 is 1.48 bits per heavy atom. The standard InChI is InChI=1S/C23H20FNO4/c1-15(23(27)25-20-5-3-4-6-21(20)28-2)29-19-13-9-17(10-14-19)22(26)16-7-11-18(24)12-8-16/h3-15H,1-2H3,(H,25,27). The largest absolute Gasteiger partial charge is 0.495 e. The van der Waals surface area contributed by atoms with Crippen LogP contribution in [0.1, 0.15) is 22.8 Å². The molecule has 29 heavy (non-hydrogen) atoms. The highest BCUT2D eigenvalue weighted by atomic mass is 19.1. The fraction of sp³-hybridized carbons (Fsp3) is 0.130. The molecule has 1 N–H and O–H groups in total. The molecule has 1 atom stereocenters. The summed E-state index contributed by atoms with van der Waals surface area (Å²) in [6, 6.07) is 18.9. The minimum Gasteiger partial charge on any atom is -0.495 e. The predicted octanol–water partition coefficient (Wildman–Crippen LogP) is 4.47. The molecular formula is C23H20FNO4. The zero-order chi connectivity index (χ0) is 20.8. The van der Waals surface area contributed by atoms with Crippen LogP contribution in [0.25, 0.3) is 0 Å². The molecule has 0 saturated heterocycles. The lowest BCUT2D eigenvalue weighted by Crippen LogP contribution is -2.30. The van der Waals surface area contributed by atoms with Crippen LogP contribution < -0.4 is 14.8 Å². The van der Waals surface area contributed by atoms with Crippen molar-refractivity contribution in [2.24, 2.45) is 0 Å². The van der Waals surface area contributed by atoms with Gasteiger partial charge in [-0.25, -0.2) is 4.39 Å². The number of benzene rings is 3. The molecule has 0 aliphatic heterocycles. The van der Waals surface area contributed by atoms with E-state index in [9.17, 15) is 14.0 Å². The Bertz CT molecular complexity index is 1000. The summed E-state index contributed by atoms with van der Waals surface area (Å²) in [7, 11) is 1.53. The number of ketones is 1. The van der Waals surface area contributed by atoms with E-state index in [0.29, 0.717) is 28.3 Å². The van der Waals surface area contributed by atoms with Gasteiger partial charge in [-0.05, 0) is 67.6 Å². The molecule has 0 fully saturated rings. The number of amides is 1. The van der Waals surface area contributed by atoms with E-state index in [2.05, 4.69) is 5.32 Å². The summed E-state index contributed by atoms with van der Waals surface area (Å²) in [5.74, 6) is 0.0465. The second kappa shape index (κ2) is 9.01. The zero-order valence-electron chi connectivity index (χ0n) is 16.0. The van der Waals surface area contributed by atoms with Crippen molar-refractivity contribution in [2.75, 3.05) is 12.4 Å². The topological polar surface area (TPSA) is 64.6 Å². The van der Waals surface area contributed by atoms with Gasteiger partial charge in [-0.1, -0.05) is 12.1 Å². The predicted molar refractivity (Wildman–Crippen MR) is 108 cm³/mol. The number of anilines is 1. The Hall–Kier alpha value is -3.67. The minimum atomic E-state index is -0.765. The summed E-state index contributed by atoms with van der Waals surface area (Å²) < 4.78 is 23.9. The van der Waals surface area contributed by atoms with Gasteiger partial charge in [0.05, 0.1) is 12.8 Å². The van der Waals surface area contributed by atoms with Crippen molar-refractivity contribution < 1.29 is 23.5 Å². The number of ether oxygens (including phenoxy) is 2. The van der Waals surface area contributed by atoms with Crippen LogP contribution in [0.15, 0.2) is 72.8 Å². The maximum Gasteiger partial charge on any atom is 0.265 e. The molecule has 0 radical (unpaired) electrons. The van der Waals surface area contributed by atoms with Crippen molar-refractivity contribution >= 4 is 17.4 Å². The Morgan fingerprint density at radius 3 is 2.10 bits per heavy atom. The number of nitrogens with one attached hydrogen (secondary N) is 1. The van der Waals surface area contributed by atoms with E-state index >= 15 is 0 Å². The van der Waals surface area contributed by atoms with Crippen LogP contribution in [0.3, 0.4) is 0 Å². The van der Waals surface area contributed by atoms with E-state index in [0.717, 1.165) is 0 Å². The molecule has 148 valence electrons. The third-order valence-electron chi connectivity index (χ3n) is 4.27. The van der Waals surface area contributed by atoms with Crippen LogP contribution in [0.4, 0.5) is 10.1 Å². The van der Waals surface area contributed by atoms with E-state index in [4.69, 9.17) is 9.47 Å². The molecule has 3 rings (SSSR count). The van der Waals surface area contributed by atoms with Gasteiger partial charge in [0.15, 0.2) is 11.9 Å². The number of carbonyl (C=O) groups excluding carboxylic acids is 2. The normalized spacial score (nSPS) is 11.4. The van der Waals surface area contributed by atoms with Crippen LogP contribution >= 0.6 is 0 Å². The summed E-state index contributed by atoms with van der Waals surface area (Å²) in [5.41, 5.74) is 1.38. The maximum atomic E-state index is 13.0. The van der Waals surface area contributed by atoms with Crippen molar-refractivity contribution in [3.63, 3.8) is 0 Å². The van der Waals surface area contributed by atoms with E-state index in [1.165, 1.54) is 31.4 Å². The number of rotatable bonds is 7. The number of halogens is 1. The Morgan fingerprint density at radius 1 is 0.897 bits per heavy atom. The minimum absolute atomic E-state index is 0.224. The quantitative estimate of drug-likeness (QED) is 0.602. The molecule has 6 heteroatoms. The van der Waals surface area contributed by atoms with Gasteiger partial charge in [0, 0.05) is 11.1 Å². The number of para-hydroxylation sites is 2. The first-order valence-electron chi connectivity index (χ1n) is 8.99. The molecule has 3 aromatic carbocycles. The molecule has 0 spiro atoms. The average molecular weight is 393 g/mol. The number of hydrogen-bond acceptors (Lipinski definition) is 4. The van der Waals surface area contributed by atoms with E-state index in [1.54, 1.807) is 49.4 Å². The molecule has 0 bridgehead atoms. The average Bonchev–Trinajstić information content (AvgIpc) is 2.74. The molecule has 5 nitrogen and oxygen atoms in total.